The van der Waals surface area contributed by atoms with Crippen molar-refractivity contribution in [3.63, 3.8) is 0 Å². The van der Waals surface area contributed by atoms with Crippen LogP contribution >= 0.6 is 0 Å². The fourth-order valence-corrected chi connectivity index (χ4v) is 1.98. The van der Waals surface area contributed by atoms with Gasteiger partial charge in [0.2, 0.25) is 11.9 Å². The lowest BCUT2D eigenvalue weighted by Gasteiger charge is -2.09. The van der Waals surface area contributed by atoms with Gasteiger partial charge >= 0.3 is 0 Å². The molecule has 21 heavy (non-hydrogen) atoms. The SMILES string of the molecule is CCNc1nc(-c2ccnn2CC)nc(-n2ccnc2)n1. The molecule has 0 spiro atoms. The van der Waals surface area contributed by atoms with Gasteiger partial charge in [-0.05, 0) is 19.9 Å². The molecule has 0 aromatic carbocycles. The van der Waals surface area contributed by atoms with Gasteiger partial charge in [0.1, 0.15) is 12.0 Å². The van der Waals surface area contributed by atoms with Crippen molar-refractivity contribution in [1.82, 2.24) is 34.3 Å². The summed E-state index contributed by atoms with van der Waals surface area (Å²) < 4.78 is 3.60. The van der Waals surface area contributed by atoms with Gasteiger partial charge in [0, 0.05) is 31.7 Å². The summed E-state index contributed by atoms with van der Waals surface area (Å²) in [7, 11) is 0. The molecule has 0 fully saturated rings. The van der Waals surface area contributed by atoms with Crippen molar-refractivity contribution in [1.29, 1.82) is 0 Å². The quantitative estimate of drug-likeness (QED) is 0.761. The molecular formula is C13H16N8. The monoisotopic (exact) mass is 284 g/mol. The van der Waals surface area contributed by atoms with Crippen molar-refractivity contribution in [2.45, 2.75) is 20.4 Å². The second-order valence-corrected chi connectivity index (χ2v) is 4.32. The first kappa shape index (κ1) is 13.2. The molecule has 0 amide bonds. The summed E-state index contributed by atoms with van der Waals surface area (Å²) in [5, 5.41) is 7.38. The molecule has 0 saturated heterocycles. The van der Waals surface area contributed by atoms with Gasteiger partial charge in [-0.25, -0.2) is 4.98 Å². The van der Waals surface area contributed by atoms with Gasteiger partial charge in [-0.3, -0.25) is 9.25 Å². The van der Waals surface area contributed by atoms with Crippen molar-refractivity contribution in [3.8, 4) is 17.5 Å². The summed E-state index contributed by atoms with van der Waals surface area (Å²) in [4.78, 5) is 17.4. The number of hydrogen-bond donors (Lipinski definition) is 1. The summed E-state index contributed by atoms with van der Waals surface area (Å²) in [6, 6.07) is 1.90. The Morgan fingerprint density at radius 1 is 1.14 bits per heavy atom. The van der Waals surface area contributed by atoms with E-state index in [0.29, 0.717) is 17.7 Å². The zero-order valence-electron chi connectivity index (χ0n) is 11.9. The molecule has 0 aliphatic heterocycles. The molecule has 108 valence electrons. The maximum absolute atomic E-state index is 4.51. The summed E-state index contributed by atoms with van der Waals surface area (Å²) >= 11 is 0. The minimum absolute atomic E-state index is 0.525. The van der Waals surface area contributed by atoms with Gasteiger partial charge in [0.05, 0.1) is 0 Å². The summed E-state index contributed by atoms with van der Waals surface area (Å²) in [6.07, 6.45) is 6.89. The van der Waals surface area contributed by atoms with Gasteiger partial charge in [-0.1, -0.05) is 0 Å². The van der Waals surface area contributed by atoms with Crippen molar-refractivity contribution < 1.29 is 0 Å². The summed E-state index contributed by atoms with van der Waals surface area (Å²) in [5.74, 6) is 1.65. The maximum atomic E-state index is 4.51. The average Bonchev–Trinajstić information content (AvgIpc) is 3.18. The van der Waals surface area contributed by atoms with E-state index in [4.69, 9.17) is 0 Å². The molecule has 3 aromatic rings. The third-order valence-electron chi connectivity index (χ3n) is 2.94. The Morgan fingerprint density at radius 2 is 2.05 bits per heavy atom. The highest BCUT2D eigenvalue weighted by Gasteiger charge is 2.12. The van der Waals surface area contributed by atoms with Gasteiger partial charge in [-0.2, -0.15) is 20.1 Å². The Labute approximate surface area is 121 Å². The van der Waals surface area contributed by atoms with Crippen molar-refractivity contribution in [3.05, 3.63) is 31.0 Å². The molecule has 3 rings (SSSR count). The van der Waals surface area contributed by atoms with E-state index in [2.05, 4.69) is 30.4 Å². The molecule has 0 aliphatic rings. The molecule has 3 aromatic heterocycles. The molecular weight excluding hydrogens is 268 g/mol. The van der Waals surface area contributed by atoms with Gasteiger partial charge in [0.15, 0.2) is 5.82 Å². The van der Waals surface area contributed by atoms with Crippen LogP contribution in [0.4, 0.5) is 5.95 Å². The van der Waals surface area contributed by atoms with Crippen LogP contribution in [0.5, 0.6) is 0 Å². The van der Waals surface area contributed by atoms with Crippen molar-refractivity contribution in [2.24, 2.45) is 0 Å². The molecule has 0 aliphatic carbocycles. The van der Waals surface area contributed by atoms with E-state index >= 15 is 0 Å². The van der Waals surface area contributed by atoms with E-state index in [9.17, 15) is 0 Å². The number of anilines is 1. The minimum Gasteiger partial charge on any atom is -0.354 e. The second-order valence-electron chi connectivity index (χ2n) is 4.32. The van der Waals surface area contributed by atoms with Gasteiger partial charge < -0.3 is 5.32 Å². The van der Waals surface area contributed by atoms with E-state index in [-0.39, 0.29) is 0 Å². The molecule has 0 saturated carbocycles. The number of nitrogens with zero attached hydrogens (tertiary/aromatic N) is 7. The van der Waals surface area contributed by atoms with E-state index in [0.717, 1.165) is 18.8 Å². The lowest BCUT2D eigenvalue weighted by molar-refractivity contribution is 0.663. The molecule has 1 N–H and O–H groups in total. The van der Waals surface area contributed by atoms with Gasteiger partial charge in [-0.15, -0.1) is 0 Å². The Morgan fingerprint density at radius 3 is 2.76 bits per heavy atom. The van der Waals surface area contributed by atoms with E-state index in [1.54, 1.807) is 29.5 Å². The second kappa shape index (κ2) is 5.70. The molecule has 8 nitrogen and oxygen atoms in total. The van der Waals surface area contributed by atoms with Crippen LogP contribution in [-0.4, -0.2) is 40.8 Å². The first-order valence-corrected chi connectivity index (χ1v) is 6.82. The zero-order chi connectivity index (χ0) is 14.7. The van der Waals surface area contributed by atoms with Crippen LogP contribution in [0, 0.1) is 0 Å². The Kier molecular flexibility index (Phi) is 3.59. The predicted molar refractivity (Wildman–Crippen MR) is 78.0 cm³/mol. The largest absolute Gasteiger partial charge is 0.354 e. The molecule has 3 heterocycles. The molecule has 0 unspecified atom stereocenters. The van der Waals surface area contributed by atoms with Gasteiger partial charge in [0.25, 0.3) is 0 Å². The molecule has 0 bridgehead atoms. The Bertz CT molecular complexity index is 716. The normalized spacial score (nSPS) is 10.8. The highest BCUT2D eigenvalue weighted by molar-refractivity contribution is 5.52. The van der Waals surface area contributed by atoms with Crippen LogP contribution in [0.15, 0.2) is 31.0 Å². The first-order valence-electron chi connectivity index (χ1n) is 6.82. The topological polar surface area (TPSA) is 86.3 Å². The van der Waals surface area contributed by atoms with Crippen molar-refractivity contribution in [2.75, 3.05) is 11.9 Å². The number of nitrogens with one attached hydrogen (secondary N) is 1. The Hall–Kier alpha value is -2.77. The van der Waals surface area contributed by atoms with Crippen molar-refractivity contribution >= 4 is 5.95 Å². The summed E-state index contributed by atoms with van der Waals surface area (Å²) in [6.45, 7) is 5.52. The third-order valence-corrected chi connectivity index (χ3v) is 2.94. The fraction of sp³-hybridized carbons (Fsp3) is 0.308. The predicted octanol–water partition coefficient (Wildman–Crippen LogP) is 1.37. The minimum atomic E-state index is 0.525. The standard InChI is InChI=1S/C13H16N8/c1-3-15-12-17-11(10-5-6-16-21(10)4-2)18-13(19-12)20-8-7-14-9-20/h5-9H,3-4H2,1-2H3,(H,15,17,18,19). The van der Waals surface area contributed by atoms with E-state index in [1.807, 2.05) is 24.6 Å². The average molecular weight is 284 g/mol. The van der Waals surface area contributed by atoms with Crippen LogP contribution in [-0.2, 0) is 6.54 Å². The highest BCUT2D eigenvalue weighted by Crippen LogP contribution is 2.17. The third kappa shape index (κ3) is 2.60. The van der Waals surface area contributed by atoms with E-state index < -0.39 is 0 Å². The molecule has 8 heteroatoms. The number of hydrogen-bond acceptors (Lipinski definition) is 6. The highest BCUT2D eigenvalue weighted by atomic mass is 15.3. The zero-order valence-corrected chi connectivity index (χ0v) is 11.9. The summed E-state index contributed by atoms with van der Waals surface area (Å²) in [5.41, 5.74) is 0.861. The lowest BCUT2D eigenvalue weighted by atomic mass is 10.4. The van der Waals surface area contributed by atoms with E-state index in [1.165, 1.54) is 0 Å². The molecule has 0 radical (unpaired) electrons. The molecule has 0 atom stereocenters. The first-order chi connectivity index (χ1) is 10.3. The smallest absolute Gasteiger partial charge is 0.240 e. The maximum Gasteiger partial charge on any atom is 0.240 e. The fourth-order valence-electron chi connectivity index (χ4n) is 1.98. The number of imidazole rings is 1. The number of aromatic nitrogens is 7. The van der Waals surface area contributed by atoms with Crippen LogP contribution in [0.25, 0.3) is 17.5 Å². The van der Waals surface area contributed by atoms with Crippen LogP contribution in [0.2, 0.25) is 0 Å². The number of rotatable bonds is 5. The lowest BCUT2D eigenvalue weighted by Crippen LogP contribution is -2.10. The number of aryl methyl sites for hydroxylation is 1. The van der Waals surface area contributed by atoms with Crippen LogP contribution in [0.3, 0.4) is 0 Å². The van der Waals surface area contributed by atoms with Crippen LogP contribution in [0.1, 0.15) is 13.8 Å². The van der Waals surface area contributed by atoms with Crippen LogP contribution < -0.4 is 5.32 Å². The Balaban J connectivity index is 2.11.